The summed E-state index contributed by atoms with van der Waals surface area (Å²) in [6, 6.07) is 0.330. The van der Waals surface area contributed by atoms with E-state index < -0.39 is 0 Å². The maximum atomic E-state index is 11.6. The van der Waals surface area contributed by atoms with Crippen molar-refractivity contribution in [3.63, 3.8) is 0 Å². The Morgan fingerprint density at radius 1 is 1.17 bits per heavy atom. The van der Waals surface area contributed by atoms with Gasteiger partial charge in [0.25, 0.3) is 0 Å². The second-order valence-electron chi connectivity index (χ2n) is 4.66. The van der Waals surface area contributed by atoms with E-state index in [9.17, 15) is 4.79 Å². The van der Waals surface area contributed by atoms with Crippen LogP contribution in [0.2, 0.25) is 0 Å². The molecule has 0 aromatic heterocycles. The number of ketones is 1. The van der Waals surface area contributed by atoms with Gasteiger partial charge in [-0.2, -0.15) is 0 Å². The maximum absolute atomic E-state index is 11.6. The molecule has 0 saturated heterocycles. The summed E-state index contributed by atoms with van der Waals surface area (Å²) in [5.74, 6) is 0.274. The van der Waals surface area contributed by atoms with E-state index in [2.05, 4.69) is 5.32 Å². The van der Waals surface area contributed by atoms with Crippen LogP contribution < -0.4 is 5.32 Å². The highest BCUT2D eigenvalue weighted by Gasteiger charge is 2.26. The van der Waals surface area contributed by atoms with Crippen molar-refractivity contribution in [1.82, 2.24) is 5.32 Å². The third kappa shape index (κ3) is 3.86. The molecule has 0 rings (SSSR count). The molecule has 2 nitrogen and oxygen atoms in total. The van der Waals surface area contributed by atoms with Gasteiger partial charge in [-0.15, -0.1) is 0 Å². The zero-order chi connectivity index (χ0) is 9.94. The minimum absolute atomic E-state index is 0.0370. The van der Waals surface area contributed by atoms with Gasteiger partial charge in [-0.1, -0.05) is 34.6 Å². The fraction of sp³-hybridized carbons (Fsp3) is 0.900. The van der Waals surface area contributed by atoms with Gasteiger partial charge in [-0.05, 0) is 6.92 Å². The normalized spacial score (nSPS) is 14.9. The van der Waals surface area contributed by atoms with E-state index in [-0.39, 0.29) is 17.2 Å². The molecular weight excluding hydrogens is 150 g/mol. The highest BCUT2D eigenvalue weighted by Crippen LogP contribution is 2.16. The second kappa shape index (κ2) is 4.04. The van der Waals surface area contributed by atoms with Crippen molar-refractivity contribution in [2.75, 3.05) is 0 Å². The Hall–Kier alpha value is -0.370. The molecule has 72 valence electrons. The fourth-order valence-electron chi connectivity index (χ4n) is 1.23. The van der Waals surface area contributed by atoms with Crippen LogP contribution in [0.1, 0.15) is 41.5 Å². The molecule has 0 fully saturated rings. The number of carbonyl (C=O) groups is 1. The maximum Gasteiger partial charge on any atom is 0.154 e. The Bertz CT molecular complexity index is 156. The van der Waals surface area contributed by atoms with Gasteiger partial charge in [0, 0.05) is 11.5 Å². The third-order valence-corrected chi connectivity index (χ3v) is 1.72. The monoisotopic (exact) mass is 171 g/mol. The first kappa shape index (κ1) is 11.6. The van der Waals surface area contributed by atoms with Crippen LogP contribution in [0.5, 0.6) is 0 Å². The Morgan fingerprint density at radius 2 is 1.58 bits per heavy atom. The molecule has 0 bridgehead atoms. The zero-order valence-electron chi connectivity index (χ0n) is 9.06. The molecule has 0 aliphatic rings. The van der Waals surface area contributed by atoms with Crippen LogP contribution >= 0.6 is 0 Å². The van der Waals surface area contributed by atoms with E-state index in [1.54, 1.807) is 0 Å². The van der Waals surface area contributed by atoms with Crippen molar-refractivity contribution in [3.05, 3.63) is 0 Å². The average Bonchev–Trinajstić information content (AvgIpc) is 1.82. The highest BCUT2D eigenvalue weighted by atomic mass is 16.1. The fourth-order valence-corrected chi connectivity index (χ4v) is 1.23. The van der Waals surface area contributed by atoms with Crippen LogP contribution in [0.3, 0.4) is 0 Å². The molecule has 0 aliphatic carbocycles. The lowest BCUT2D eigenvalue weighted by Gasteiger charge is -2.24. The van der Waals surface area contributed by atoms with E-state index in [1.807, 2.05) is 41.5 Å². The second-order valence-corrected chi connectivity index (χ2v) is 4.66. The standard InChI is InChI=1S/C10H21NO/c1-7(2)11-8(3)9(12)10(4,5)6/h7-8,11H,1-6H3. The summed E-state index contributed by atoms with van der Waals surface area (Å²) in [7, 11) is 0. The van der Waals surface area contributed by atoms with Crippen LogP contribution in [0.15, 0.2) is 0 Å². The van der Waals surface area contributed by atoms with Gasteiger partial charge in [0.1, 0.15) is 0 Å². The van der Waals surface area contributed by atoms with Crippen LogP contribution in [-0.4, -0.2) is 17.9 Å². The Labute approximate surface area is 75.7 Å². The molecule has 0 aromatic carbocycles. The molecule has 1 atom stereocenters. The summed E-state index contributed by atoms with van der Waals surface area (Å²) in [5.41, 5.74) is -0.235. The van der Waals surface area contributed by atoms with Crippen molar-refractivity contribution in [2.24, 2.45) is 5.41 Å². The summed E-state index contributed by atoms with van der Waals surface area (Å²) in [4.78, 5) is 11.6. The number of rotatable bonds is 3. The van der Waals surface area contributed by atoms with E-state index in [0.29, 0.717) is 6.04 Å². The average molecular weight is 171 g/mol. The minimum Gasteiger partial charge on any atom is -0.305 e. The zero-order valence-corrected chi connectivity index (χ0v) is 9.06. The van der Waals surface area contributed by atoms with Crippen molar-refractivity contribution < 1.29 is 4.79 Å². The first-order chi connectivity index (χ1) is 5.25. The van der Waals surface area contributed by atoms with Gasteiger partial charge in [0.05, 0.1) is 6.04 Å². The topological polar surface area (TPSA) is 29.1 Å². The predicted octanol–water partition coefficient (Wildman–Crippen LogP) is 1.99. The first-order valence-electron chi connectivity index (χ1n) is 4.55. The van der Waals surface area contributed by atoms with Crippen LogP contribution in [0.4, 0.5) is 0 Å². The van der Waals surface area contributed by atoms with E-state index in [4.69, 9.17) is 0 Å². The predicted molar refractivity (Wildman–Crippen MR) is 52.2 cm³/mol. The summed E-state index contributed by atoms with van der Waals surface area (Å²) in [6.07, 6.45) is 0. The van der Waals surface area contributed by atoms with Gasteiger partial charge in [0.2, 0.25) is 0 Å². The minimum atomic E-state index is -0.235. The van der Waals surface area contributed by atoms with Crippen LogP contribution in [0, 0.1) is 5.41 Å². The van der Waals surface area contributed by atoms with Crippen molar-refractivity contribution in [2.45, 2.75) is 53.6 Å². The molecular formula is C10H21NO. The lowest BCUT2D eigenvalue weighted by atomic mass is 9.87. The molecule has 1 unspecified atom stereocenters. The molecule has 0 heterocycles. The smallest absolute Gasteiger partial charge is 0.154 e. The molecule has 2 heteroatoms. The molecule has 1 N–H and O–H groups in total. The molecule has 0 aliphatic heterocycles. The quantitative estimate of drug-likeness (QED) is 0.703. The Kier molecular flexibility index (Phi) is 3.91. The molecule has 12 heavy (non-hydrogen) atoms. The van der Waals surface area contributed by atoms with Crippen LogP contribution in [-0.2, 0) is 4.79 Å². The van der Waals surface area contributed by atoms with Gasteiger partial charge >= 0.3 is 0 Å². The van der Waals surface area contributed by atoms with Gasteiger partial charge < -0.3 is 5.32 Å². The molecule has 0 saturated carbocycles. The van der Waals surface area contributed by atoms with Gasteiger partial charge in [-0.3, -0.25) is 4.79 Å². The van der Waals surface area contributed by atoms with E-state index in [0.717, 1.165) is 0 Å². The molecule has 0 radical (unpaired) electrons. The van der Waals surface area contributed by atoms with Crippen molar-refractivity contribution in [3.8, 4) is 0 Å². The van der Waals surface area contributed by atoms with Crippen molar-refractivity contribution >= 4 is 5.78 Å². The molecule has 0 amide bonds. The van der Waals surface area contributed by atoms with Gasteiger partial charge in [0.15, 0.2) is 5.78 Å². The van der Waals surface area contributed by atoms with Crippen LogP contribution in [0.25, 0.3) is 0 Å². The number of hydrogen-bond donors (Lipinski definition) is 1. The number of hydrogen-bond acceptors (Lipinski definition) is 2. The van der Waals surface area contributed by atoms with E-state index in [1.165, 1.54) is 0 Å². The summed E-state index contributed by atoms with van der Waals surface area (Å²) < 4.78 is 0. The molecule has 0 spiro atoms. The lowest BCUT2D eigenvalue weighted by Crippen LogP contribution is -2.43. The highest BCUT2D eigenvalue weighted by molar-refractivity contribution is 5.88. The lowest BCUT2D eigenvalue weighted by molar-refractivity contribution is -0.128. The summed E-state index contributed by atoms with van der Waals surface area (Å²) in [5, 5.41) is 3.20. The third-order valence-electron chi connectivity index (χ3n) is 1.72. The number of nitrogens with one attached hydrogen (secondary N) is 1. The number of carbonyl (C=O) groups excluding carboxylic acids is 1. The first-order valence-corrected chi connectivity index (χ1v) is 4.55. The number of Topliss-reactive ketones (excluding diaryl/α,β-unsaturated/α-hetero) is 1. The Balaban J connectivity index is 4.12. The summed E-state index contributed by atoms with van der Waals surface area (Å²) >= 11 is 0. The SMILES string of the molecule is CC(C)NC(C)C(=O)C(C)(C)C. The van der Waals surface area contributed by atoms with Crippen molar-refractivity contribution in [1.29, 1.82) is 0 Å². The summed E-state index contributed by atoms with van der Waals surface area (Å²) in [6.45, 7) is 11.9. The Morgan fingerprint density at radius 3 is 1.83 bits per heavy atom. The largest absolute Gasteiger partial charge is 0.305 e. The van der Waals surface area contributed by atoms with Gasteiger partial charge in [-0.25, -0.2) is 0 Å². The molecule has 0 aromatic rings. The van der Waals surface area contributed by atoms with E-state index >= 15 is 0 Å².